The molecule has 0 unspecified atom stereocenters. The van der Waals surface area contributed by atoms with Crippen LogP contribution in [0.15, 0.2) is 30.3 Å². The fourth-order valence-electron chi connectivity index (χ4n) is 1.50. The first-order valence-electron chi connectivity index (χ1n) is 5.77. The van der Waals surface area contributed by atoms with Gasteiger partial charge < -0.3 is 10.2 Å². The van der Waals surface area contributed by atoms with E-state index in [1.54, 1.807) is 0 Å². The Labute approximate surface area is 103 Å². The van der Waals surface area contributed by atoms with Crippen molar-refractivity contribution in [3.63, 3.8) is 0 Å². The van der Waals surface area contributed by atoms with E-state index in [0.29, 0.717) is 6.42 Å². The summed E-state index contributed by atoms with van der Waals surface area (Å²) in [6.45, 7) is 1.65. The van der Waals surface area contributed by atoms with Gasteiger partial charge in [0.25, 0.3) is 0 Å². The molecule has 0 atom stereocenters. The van der Waals surface area contributed by atoms with E-state index in [1.165, 1.54) is 5.56 Å². The number of hydrogen-bond donors (Lipinski definition) is 1. The van der Waals surface area contributed by atoms with Gasteiger partial charge >= 0.3 is 0 Å². The van der Waals surface area contributed by atoms with Crippen LogP contribution in [-0.4, -0.2) is 27.2 Å². The average molecular weight is 229 g/mol. The summed E-state index contributed by atoms with van der Waals surface area (Å²) in [5.41, 5.74) is 2.34. The van der Waals surface area contributed by atoms with Crippen molar-refractivity contribution in [3.8, 4) is 6.07 Å². The molecule has 90 valence electrons. The van der Waals surface area contributed by atoms with E-state index in [1.807, 2.05) is 14.1 Å². The van der Waals surface area contributed by atoms with Crippen molar-refractivity contribution < 1.29 is 0 Å². The van der Waals surface area contributed by atoms with Gasteiger partial charge in [-0.15, -0.1) is 0 Å². The number of nitrogens with zero attached hydrogens (tertiary/aromatic N) is 2. The molecule has 0 radical (unpaired) electrons. The van der Waals surface area contributed by atoms with Gasteiger partial charge in [0.2, 0.25) is 0 Å². The Morgan fingerprint density at radius 3 is 2.65 bits per heavy atom. The Morgan fingerprint density at radius 1 is 1.35 bits per heavy atom. The minimum atomic E-state index is 0.556. The molecule has 0 saturated carbocycles. The molecule has 17 heavy (non-hydrogen) atoms. The first kappa shape index (κ1) is 13.3. The Bertz CT molecular complexity index is 387. The molecule has 1 N–H and O–H groups in total. The van der Waals surface area contributed by atoms with Crippen LogP contribution in [0, 0.1) is 11.3 Å². The Morgan fingerprint density at radius 2 is 2.06 bits per heavy atom. The Hall–Kier alpha value is -1.79. The van der Waals surface area contributed by atoms with E-state index in [4.69, 9.17) is 5.26 Å². The van der Waals surface area contributed by atoms with Crippen LogP contribution in [0.4, 0.5) is 5.69 Å². The van der Waals surface area contributed by atoms with Crippen LogP contribution in [0.3, 0.4) is 0 Å². The largest absolute Gasteiger partial charge is 0.374 e. The van der Waals surface area contributed by atoms with Gasteiger partial charge in [-0.1, -0.05) is 24.3 Å². The van der Waals surface area contributed by atoms with Crippen molar-refractivity contribution in [3.05, 3.63) is 35.9 Å². The van der Waals surface area contributed by atoms with Gasteiger partial charge in [0, 0.05) is 25.8 Å². The van der Waals surface area contributed by atoms with Crippen LogP contribution in [0.25, 0.3) is 6.08 Å². The van der Waals surface area contributed by atoms with Crippen molar-refractivity contribution >= 4 is 11.8 Å². The van der Waals surface area contributed by atoms with Crippen molar-refractivity contribution in [2.24, 2.45) is 0 Å². The third-order valence-corrected chi connectivity index (χ3v) is 2.53. The summed E-state index contributed by atoms with van der Waals surface area (Å²) in [4.78, 5) is 2.09. The fourth-order valence-corrected chi connectivity index (χ4v) is 1.50. The molecule has 0 spiro atoms. The van der Waals surface area contributed by atoms with Gasteiger partial charge in [0.1, 0.15) is 0 Å². The summed E-state index contributed by atoms with van der Waals surface area (Å²) < 4.78 is 0. The standard InChI is InChI=1S/C14H19N3/c1-16-11-3-5-13-6-8-14(9-7-13)17(2)12-4-10-15/h3,5-9,16H,4,11-12H2,1-2H3. The predicted molar refractivity (Wildman–Crippen MR) is 72.9 cm³/mol. The summed E-state index contributed by atoms with van der Waals surface area (Å²) in [5, 5.41) is 11.6. The zero-order chi connectivity index (χ0) is 12.5. The molecule has 1 rings (SSSR count). The Kier molecular flexibility index (Phi) is 5.84. The zero-order valence-electron chi connectivity index (χ0n) is 10.5. The lowest BCUT2D eigenvalue weighted by Gasteiger charge is -2.17. The quantitative estimate of drug-likeness (QED) is 0.813. The lowest BCUT2D eigenvalue weighted by Crippen LogP contribution is -2.17. The second kappa shape index (κ2) is 7.48. The van der Waals surface area contributed by atoms with Gasteiger partial charge in [0.15, 0.2) is 0 Å². The molecule has 3 heteroatoms. The second-order valence-electron chi connectivity index (χ2n) is 3.88. The molecule has 3 nitrogen and oxygen atoms in total. The van der Waals surface area contributed by atoms with E-state index < -0.39 is 0 Å². The molecule has 0 bridgehead atoms. The average Bonchev–Trinajstić information content (AvgIpc) is 2.37. The highest BCUT2D eigenvalue weighted by Gasteiger charge is 1.99. The monoisotopic (exact) mass is 229 g/mol. The normalized spacial score (nSPS) is 10.4. The molecule has 1 aromatic carbocycles. The van der Waals surface area contributed by atoms with Crippen molar-refractivity contribution in [2.45, 2.75) is 6.42 Å². The summed E-state index contributed by atoms with van der Waals surface area (Å²) >= 11 is 0. The van der Waals surface area contributed by atoms with Gasteiger partial charge in [0.05, 0.1) is 12.5 Å². The predicted octanol–water partition coefficient (Wildman–Crippen LogP) is 2.27. The summed E-state index contributed by atoms with van der Waals surface area (Å²) in [6, 6.07) is 10.5. The highest BCUT2D eigenvalue weighted by Crippen LogP contribution is 2.14. The Balaban J connectivity index is 2.58. The molecule has 0 fully saturated rings. The molecule has 0 aromatic heterocycles. The molecule has 0 aliphatic carbocycles. The zero-order valence-corrected chi connectivity index (χ0v) is 10.5. The molecule has 0 heterocycles. The maximum absolute atomic E-state index is 8.53. The molecule has 0 aliphatic rings. The summed E-state index contributed by atoms with van der Waals surface area (Å²) in [7, 11) is 3.93. The number of benzene rings is 1. The van der Waals surface area contributed by atoms with Gasteiger partial charge in [-0.2, -0.15) is 5.26 Å². The van der Waals surface area contributed by atoms with Gasteiger partial charge in [-0.05, 0) is 24.7 Å². The first-order chi connectivity index (χ1) is 8.27. The SMILES string of the molecule is CNCC=Cc1ccc(N(C)CCC#N)cc1. The number of rotatable bonds is 6. The molecule has 1 aromatic rings. The highest BCUT2D eigenvalue weighted by atomic mass is 15.1. The maximum Gasteiger partial charge on any atom is 0.0640 e. The van der Waals surface area contributed by atoms with Crippen LogP contribution in [-0.2, 0) is 0 Å². The number of nitrogens with one attached hydrogen (secondary N) is 1. The minimum Gasteiger partial charge on any atom is -0.374 e. The molecule has 0 saturated heterocycles. The number of anilines is 1. The minimum absolute atomic E-state index is 0.556. The highest BCUT2D eigenvalue weighted by molar-refractivity contribution is 5.55. The molecule has 0 aliphatic heterocycles. The van der Waals surface area contributed by atoms with E-state index in [-0.39, 0.29) is 0 Å². The fraction of sp³-hybridized carbons (Fsp3) is 0.357. The molecule has 0 amide bonds. The van der Waals surface area contributed by atoms with Crippen molar-refractivity contribution in [1.82, 2.24) is 5.32 Å². The van der Waals surface area contributed by atoms with Crippen LogP contribution >= 0.6 is 0 Å². The summed E-state index contributed by atoms with van der Waals surface area (Å²) in [6.07, 6.45) is 4.74. The third-order valence-electron chi connectivity index (χ3n) is 2.53. The van der Waals surface area contributed by atoms with Crippen LogP contribution in [0.2, 0.25) is 0 Å². The lowest BCUT2D eigenvalue weighted by atomic mass is 10.2. The lowest BCUT2D eigenvalue weighted by molar-refractivity contribution is 0.905. The first-order valence-corrected chi connectivity index (χ1v) is 5.77. The van der Waals surface area contributed by atoms with Crippen LogP contribution in [0.5, 0.6) is 0 Å². The van der Waals surface area contributed by atoms with E-state index in [0.717, 1.165) is 18.8 Å². The topological polar surface area (TPSA) is 39.1 Å². The number of likely N-dealkylation sites (N-methyl/N-ethyl adjacent to an activating group) is 1. The van der Waals surface area contributed by atoms with E-state index >= 15 is 0 Å². The van der Waals surface area contributed by atoms with Gasteiger partial charge in [-0.25, -0.2) is 0 Å². The van der Waals surface area contributed by atoms with E-state index in [2.05, 4.69) is 52.7 Å². The summed E-state index contributed by atoms with van der Waals surface area (Å²) in [5.74, 6) is 0. The van der Waals surface area contributed by atoms with Crippen LogP contribution in [0.1, 0.15) is 12.0 Å². The smallest absolute Gasteiger partial charge is 0.0640 e. The van der Waals surface area contributed by atoms with Gasteiger partial charge in [-0.3, -0.25) is 0 Å². The van der Waals surface area contributed by atoms with Crippen molar-refractivity contribution in [2.75, 3.05) is 32.1 Å². The number of hydrogen-bond acceptors (Lipinski definition) is 3. The second-order valence-corrected chi connectivity index (χ2v) is 3.88. The molecular weight excluding hydrogens is 210 g/mol. The van der Waals surface area contributed by atoms with E-state index in [9.17, 15) is 0 Å². The third kappa shape index (κ3) is 4.71. The maximum atomic E-state index is 8.53. The number of nitriles is 1. The molecular formula is C14H19N3. The van der Waals surface area contributed by atoms with Crippen LogP contribution < -0.4 is 10.2 Å². The van der Waals surface area contributed by atoms with Crippen molar-refractivity contribution in [1.29, 1.82) is 5.26 Å².